The standard InChI is InChI=1S/C30H63N3O9/c1-21(37-7)28(34,22(2)38-8)17-27(18-29(35,23(3)39-9)24(4)40-10)19-32-14-13-31-15-16-33(27)20-30(36,25(5)41-11)26(6)42-12/h21-26,31-32,34-36H,13-20H2,1-12H3. The summed E-state index contributed by atoms with van der Waals surface area (Å²) in [6.07, 6.45) is -3.43. The van der Waals surface area contributed by atoms with Crippen molar-refractivity contribution in [3.63, 3.8) is 0 Å². The number of hydrogen-bond donors (Lipinski definition) is 5. The van der Waals surface area contributed by atoms with Crippen LogP contribution >= 0.6 is 0 Å². The molecule has 0 radical (unpaired) electrons. The molecule has 0 aromatic rings. The molecule has 0 amide bonds. The molecule has 42 heavy (non-hydrogen) atoms. The van der Waals surface area contributed by atoms with E-state index in [1.54, 1.807) is 42.7 Å². The molecular weight excluding hydrogens is 546 g/mol. The van der Waals surface area contributed by atoms with Gasteiger partial charge in [0, 0.05) is 100 Å². The van der Waals surface area contributed by atoms with E-state index in [4.69, 9.17) is 28.4 Å². The average Bonchev–Trinajstić information content (AvgIpc) is 3.08. The molecule has 1 aliphatic heterocycles. The van der Waals surface area contributed by atoms with Crippen LogP contribution in [0.15, 0.2) is 0 Å². The second kappa shape index (κ2) is 17.3. The Bertz CT molecular complexity index is 700. The van der Waals surface area contributed by atoms with Gasteiger partial charge in [-0.2, -0.15) is 0 Å². The lowest BCUT2D eigenvalue weighted by Crippen LogP contribution is -2.71. The zero-order valence-electron chi connectivity index (χ0n) is 28.4. The van der Waals surface area contributed by atoms with Crippen molar-refractivity contribution in [1.82, 2.24) is 15.5 Å². The van der Waals surface area contributed by atoms with Crippen LogP contribution in [0.4, 0.5) is 0 Å². The van der Waals surface area contributed by atoms with Crippen LogP contribution in [0, 0.1) is 0 Å². The Morgan fingerprint density at radius 3 is 1.26 bits per heavy atom. The maximum atomic E-state index is 12.4. The molecule has 1 aliphatic rings. The summed E-state index contributed by atoms with van der Waals surface area (Å²) in [5, 5.41) is 44.1. The molecule has 0 spiro atoms. The highest BCUT2D eigenvalue weighted by molar-refractivity contribution is 5.11. The third kappa shape index (κ3) is 8.82. The van der Waals surface area contributed by atoms with Gasteiger partial charge in [-0.3, -0.25) is 4.90 Å². The Labute approximate surface area is 254 Å². The maximum Gasteiger partial charge on any atom is 0.129 e. The van der Waals surface area contributed by atoms with Gasteiger partial charge in [-0.25, -0.2) is 0 Å². The van der Waals surface area contributed by atoms with Crippen LogP contribution in [0.25, 0.3) is 0 Å². The van der Waals surface area contributed by atoms with Gasteiger partial charge in [0.25, 0.3) is 0 Å². The minimum atomic E-state index is -1.49. The molecule has 0 aliphatic carbocycles. The minimum absolute atomic E-state index is 0.123. The highest BCUT2D eigenvalue weighted by Crippen LogP contribution is 2.42. The molecular formula is C30H63N3O9. The Balaban J connectivity index is 4.09. The van der Waals surface area contributed by atoms with Crippen molar-refractivity contribution in [2.24, 2.45) is 0 Å². The molecule has 6 atom stereocenters. The Morgan fingerprint density at radius 1 is 0.571 bits per heavy atom. The van der Waals surface area contributed by atoms with Crippen LogP contribution < -0.4 is 10.6 Å². The quantitative estimate of drug-likeness (QED) is 0.147. The van der Waals surface area contributed by atoms with E-state index in [1.165, 1.54) is 0 Å². The third-order valence-electron chi connectivity index (χ3n) is 10.2. The molecule has 1 fully saturated rings. The summed E-state index contributed by atoms with van der Waals surface area (Å²) in [5.74, 6) is 0. The molecule has 12 nitrogen and oxygen atoms in total. The van der Waals surface area contributed by atoms with Crippen LogP contribution in [0.5, 0.6) is 0 Å². The summed E-state index contributed by atoms with van der Waals surface area (Å²) in [6, 6.07) is 0. The predicted octanol–water partition coefficient (Wildman–Crippen LogP) is 0.403. The smallest absolute Gasteiger partial charge is 0.129 e. The Morgan fingerprint density at radius 2 is 0.905 bits per heavy atom. The molecule has 6 unspecified atom stereocenters. The van der Waals surface area contributed by atoms with Gasteiger partial charge >= 0.3 is 0 Å². The summed E-state index contributed by atoms with van der Waals surface area (Å²) >= 11 is 0. The number of hydrogen-bond acceptors (Lipinski definition) is 12. The zero-order chi connectivity index (χ0) is 32.4. The molecule has 12 heteroatoms. The van der Waals surface area contributed by atoms with Gasteiger partial charge in [0.2, 0.25) is 0 Å². The van der Waals surface area contributed by atoms with Crippen LogP contribution in [0.2, 0.25) is 0 Å². The normalized spacial score (nSPS) is 28.1. The number of nitrogens with zero attached hydrogens (tertiary/aromatic N) is 1. The third-order valence-corrected chi connectivity index (χ3v) is 10.2. The van der Waals surface area contributed by atoms with Gasteiger partial charge in [0.05, 0.1) is 36.6 Å². The fourth-order valence-corrected chi connectivity index (χ4v) is 6.25. The van der Waals surface area contributed by atoms with E-state index < -0.39 is 59.0 Å². The first-order chi connectivity index (χ1) is 19.6. The summed E-state index contributed by atoms with van der Waals surface area (Å²) < 4.78 is 34.3. The number of nitrogens with one attached hydrogen (secondary N) is 2. The first kappa shape index (κ1) is 39.5. The fraction of sp³-hybridized carbons (Fsp3) is 1.00. The van der Waals surface area contributed by atoms with Crippen molar-refractivity contribution in [1.29, 1.82) is 0 Å². The van der Waals surface area contributed by atoms with E-state index >= 15 is 0 Å². The molecule has 0 saturated carbocycles. The monoisotopic (exact) mass is 609 g/mol. The molecule has 0 aromatic heterocycles. The van der Waals surface area contributed by atoms with Crippen molar-refractivity contribution in [2.75, 3.05) is 81.9 Å². The van der Waals surface area contributed by atoms with E-state index in [0.717, 1.165) is 6.54 Å². The SMILES string of the molecule is COC(C)C(O)(CN1CCNCCNCC1(CC(O)(C(C)OC)C(C)OC)CC(O)(C(C)OC)C(C)OC)C(C)OC. The largest absolute Gasteiger partial charge is 0.384 e. The molecule has 5 N–H and O–H groups in total. The lowest BCUT2D eigenvalue weighted by atomic mass is 9.69. The molecule has 1 saturated heterocycles. The van der Waals surface area contributed by atoms with Crippen LogP contribution in [-0.4, -0.2) is 161 Å². The van der Waals surface area contributed by atoms with E-state index in [-0.39, 0.29) is 19.4 Å². The van der Waals surface area contributed by atoms with Gasteiger partial charge in [-0.1, -0.05) is 0 Å². The van der Waals surface area contributed by atoms with Crippen molar-refractivity contribution in [2.45, 2.75) is 113 Å². The average molecular weight is 610 g/mol. The van der Waals surface area contributed by atoms with Gasteiger partial charge in [0.15, 0.2) is 0 Å². The van der Waals surface area contributed by atoms with E-state index in [2.05, 4.69) is 15.5 Å². The Hall–Kier alpha value is -0.480. The predicted molar refractivity (Wildman–Crippen MR) is 163 cm³/mol. The zero-order valence-corrected chi connectivity index (χ0v) is 28.4. The van der Waals surface area contributed by atoms with E-state index in [1.807, 2.05) is 41.5 Å². The Kier molecular flexibility index (Phi) is 16.3. The summed E-state index contributed by atoms with van der Waals surface area (Å²) in [6.45, 7) is 13.9. The highest BCUT2D eigenvalue weighted by Gasteiger charge is 2.57. The molecule has 0 bridgehead atoms. The van der Waals surface area contributed by atoms with Crippen molar-refractivity contribution in [3.05, 3.63) is 0 Å². The van der Waals surface area contributed by atoms with Gasteiger partial charge < -0.3 is 54.4 Å². The second-order valence-electron chi connectivity index (χ2n) is 12.2. The first-order valence-corrected chi connectivity index (χ1v) is 15.1. The van der Waals surface area contributed by atoms with Crippen LogP contribution in [-0.2, 0) is 28.4 Å². The highest BCUT2D eigenvalue weighted by atomic mass is 16.5. The molecule has 0 aromatic carbocycles. The number of aliphatic hydroxyl groups is 3. The van der Waals surface area contributed by atoms with Crippen molar-refractivity contribution < 1.29 is 43.7 Å². The van der Waals surface area contributed by atoms with Gasteiger partial charge in [-0.15, -0.1) is 0 Å². The van der Waals surface area contributed by atoms with Gasteiger partial charge in [-0.05, 0) is 41.5 Å². The molecule has 1 rings (SSSR count). The lowest BCUT2D eigenvalue weighted by molar-refractivity contribution is -0.216. The summed E-state index contributed by atoms with van der Waals surface area (Å²) in [4.78, 5) is 2.15. The topological polar surface area (TPSA) is 143 Å². The van der Waals surface area contributed by atoms with Crippen LogP contribution in [0.3, 0.4) is 0 Å². The molecule has 252 valence electrons. The number of rotatable bonds is 18. The van der Waals surface area contributed by atoms with Crippen molar-refractivity contribution >= 4 is 0 Å². The maximum absolute atomic E-state index is 12.4. The summed E-state index contributed by atoms with van der Waals surface area (Å²) in [5.41, 5.74) is -5.41. The number of β-amino-alcohol motifs (C(OH)–C–C–N with tert-alkyl or cyclic N) is 1. The first-order valence-electron chi connectivity index (χ1n) is 15.1. The fourth-order valence-electron chi connectivity index (χ4n) is 6.25. The summed E-state index contributed by atoms with van der Waals surface area (Å²) in [7, 11) is 9.36. The van der Waals surface area contributed by atoms with E-state index in [9.17, 15) is 15.3 Å². The lowest BCUT2D eigenvalue weighted by Gasteiger charge is -2.56. The van der Waals surface area contributed by atoms with Gasteiger partial charge in [0.1, 0.15) is 16.8 Å². The minimum Gasteiger partial charge on any atom is -0.384 e. The number of methoxy groups -OCH3 is 6. The second-order valence-corrected chi connectivity index (χ2v) is 12.2. The van der Waals surface area contributed by atoms with E-state index in [0.29, 0.717) is 26.2 Å². The number of ether oxygens (including phenoxy) is 6. The molecule has 1 heterocycles. The van der Waals surface area contributed by atoms with Crippen molar-refractivity contribution in [3.8, 4) is 0 Å². The van der Waals surface area contributed by atoms with Crippen LogP contribution in [0.1, 0.15) is 54.4 Å².